The SMILES string of the molecule is NC(=O)c1cccc2c(NCc3cccc(CC(=O)c4cccc(Br)c4)c3)ncnc12. The number of aromatic nitrogens is 2. The van der Waals surface area contributed by atoms with Gasteiger partial charge in [0.1, 0.15) is 12.1 Å². The fraction of sp³-hybridized carbons (Fsp3) is 0.0833. The van der Waals surface area contributed by atoms with Gasteiger partial charge in [0.05, 0.1) is 11.1 Å². The number of nitrogens with two attached hydrogens (primary N) is 1. The molecular weight excluding hydrogens is 456 g/mol. The van der Waals surface area contributed by atoms with Crippen LogP contribution in [0.2, 0.25) is 0 Å². The van der Waals surface area contributed by atoms with Crippen LogP contribution in [0, 0.1) is 0 Å². The van der Waals surface area contributed by atoms with Crippen molar-refractivity contribution in [2.45, 2.75) is 13.0 Å². The lowest BCUT2D eigenvalue weighted by Crippen LogP contribution is -2.12. The smallest absolute Gasteiger partial charge is 0.250 e. The number of anilines is 1. The first-order valence-electron chi connectivity index (χ1n) is 9.65. The van der Waals surface area contributed by atoms with Crippen molar-refractivity contribution in [3.05, 3.63) is 99.8 Å². The van der Waals surface area contributed by atoms with Gasteiger partial charge in [-0.1, -0.05) is 58.4 Å². The van der Waals surface area contributed by atoms with Crippen molar-refractivity contribution in [3.63, 3.8) is 0 Å². The summed E-state index contributed by atoms with van der Waals surface area (Å²) in [5.41, 5.74) is 8.95. The van der Waals surface area contributed by atoms with Gasteiger partial charge in [0.15, 0.2) is 5.78 Å². The number of fused-ring (bicyclic) bond motifs is 1. The number of hydrogen-bond donors (Lipinski definition) is 2. The first-order valence-corrected chi connectivity index (χ1v) is 10.4. The quantitative estimate of drug-likeness (QED) is 0.383. The minimum Gasteiger partial charge on any atom is -0.366 e. The van der Waals surface area contributed by atoms with E-state index in [1.165, 1.54) is 6.33 Å². The Morgan fingerprint density at radius 1 is 0.935 bits per heavy atom. The van der Waals surface area contributed by atoms with Gasteiger partial charge in [-0.15, -0.1) is 0 Å². The molecule has 4 rings (SSSR count). The van der Waals surface area contributed by atoms with Gasteiger partial charge in [0.2, 0.25) is 0 Å². The predicted molar refractivity (Wildman–Crippen MR) is 124 cm³/mol. The molecular formula is C24H19BrN4O2. The first kappa shape index (κ1) is 20.7. The van der Waals surface area contributed by atoms with Crippen LogP contribution in [0.5, 0.6) is 0 Å². The molecule has 0 spiro atoms. The lowest BCUT2D eigenvalue weighted by molar-refractivity contribution is 0.0988. The summed E-state index contributed by atoms with van der Waals surface area (Å²) in [7, 11) is 0. The Balaban J connectivity index is 1.51. The zero-order valence-electron chi connectivity index (χ0n) is 16.5. The van der Waals surface area contributed by atoms with E-state index in [2.05, 4.69) is 31.2 Å². The molecule has 0 saturated heterocycles. The monoisotopic (exact) mass is 474 g/mol. The molecule has 0 fully saturated rings. The zero-order chi connectivity index (χ0) is 21.8. The van der Waals surface area contributed by atoms with Crippen LogP contribution in [0.3, 0.4) is 0 Å². The third kappa shape index (κ3) is 4.78. The van der Waals surface area contributed by atoms with E-state index in [0.29, 0.717) is 35.4 Å². The summed E-state index contributed by atoms with van der Waals surface area (Å²) in [6.45, 7) is 0.506. The Labute approximate surface area is 187 Å². The van der Waals surface area contributed by atoms with E-state index < -0.39 is 5.91 Å². The maximum absolute atomic E-state index is 12.6. The molecule has 7 heteroatoms. The van der Waals surface area contributed by atoms with Gasteiger partial charge in [-0.3, -0.25) is 9.59 Å². The van der Waals surface area contributed by atoms with Gasteiger partial charge in [0, 0.05) is 28.4 Å². The number of nitrogens with one attached hydrogen (secondary N) is 1. The molecule has 1 amide bonds. The van der Waals surface area contributed by atoms with E-state index in [4.69, 9.17) is 5.73 Å². The van der Waals surface area contributed by atoms with Gasteiger partial charge in [-0.25, -0.2) is 9.97 Å². The number of carbonyl (C=O) groups excluding carboxylic acids is 2. The Hall–Kier alpha value is -3.58. The number of halogens is 1. The molecule has 0 radical (unpaired) electrons. The lowest BCUT2D eigenvalue weighted by Gasteiger charge is -2.10. The topological polar surface area (TPSA) is 98.0 Å². The fourth-order valence-corrected chi connectivity index (χ4v) is 3.81. The highest BCUT2D eigenvalue weighted by atomic mass is 79.9. The Morgan fingerprint density at radius 3 is 2.52 bits per heavy atom. The van der Waals surface area contributed by atoms with Crippen molar-refractivity contribution in [3.8, 4) is 0 Å². The largest absolute Gasteiger partial charge is 0.366 e. The van der Waals surface area contributed by atoms with E-state index in [0.717, 1.165) is 21.0 Å². The highest BCUT2D eigenvalue weighted by Gasteiger charge is 2.11. The van der Waals surface area contributed by atoms with E-state index in [1.807, 2.05) is 54.6 Å². The van der Waals surface area contributed by atoms with E-state index in [9.17, 15) is 9.59 Å². The molecule has 154 valence electrons. The second-order valence-electron chi connectivity index (χ2n) is 7.07. The molecule has 1 heterocycles. The third-order valence-electron chi connectivity index (χ3n) is 4.89. The number of ketones is 1. The number of amides is 1. The molecule has 0 aliphatic carbocycles. The summed E-state index contributed by atoms with van der Waals surface area (Å²) in [5, 5.41) is 4.02. The molecule has 0 saturated carbocycles. The van der Waals surface area contributed by atoms with Crippen molar-refractivity contribution in [1.82, 2.24) is 9.97 Å². The first-order chi connectivity index (χ1) is 15.0. The maximum Gasteiger partial charge on any atom is 0.250 e. The second kappa shape index (κ2) is 9.06. The lowest BCUT2D eigenvalue weighted by atomic mass is 10.0. The summed E-state index contributed by atoms with van der Waals surface area (Å²) in [5.74, 6) is 0.147. The minimum absolute atomic E-state index is 0.0622. The molecule has 3 N–H and O–H groups in total. The molecule has 0 unspecified atom stereocenters. The van der Waals surface area contributed by atoms with Gasteiger partial charge in [0.25, 0.3) is 5.91 Å². The molecule has 31 heavy (non-hydrogen) atoms. The van der Waals surface area contributed by atoms with E-state index in [1.54, 1.807) is 12.1 Å². The van der Waals surface area contributed by atoms with E-state index in [-0.39, 0.29) is 5.78 Å². The van der Waals surface area contributed by atoms with Crippen LogP contribution in [0.25, 0.3) is 10.9 Å². The zero-order valence-corrected chi connectivity index (χ0v) is 18.1. The number of Topliss-reactive ketones (excluding diaryl/α,β-unsaturated/α-hetero) is 1. The molecule has 0 aliphatic heterocycles. The third-order valence-corrected chi connectivity index (χ3v) is 5.39. The highest BCUT2D eigenvalue weighted by molar-refractivity contribution is 9.10. The molecule has 4 aromatic rings. The summed E-state index contributed by atoms with van der Waals surface area (Å²) in [6.07, 6.45) is 1.73. The van der Waals surface area contributed by atoms with Crippen LogP contribution in [-0.4, -0.2) is 21.7 Å². The summed E-state index contributed by atoms with van der Waals surface area (Å²) < 4.78 is 0.882. The fourth-order valence-electron chi connectivity index (χ4n) is 3.41. The predicted octanol–water partition coefficient (Wildman–Crippen LogP) is 4.53. The van der Waals surface area contributed by atoms with Crippen LogP contribution >= 0.6 is 15.9 Å². The van der Waals surface area contributed by atoms with Gasteiger partial charge in [-0.05, 0) is 35.4 Å². The highest BCUT2D eigenvalue weighted by Crippen LogP contribution is 2.23. The Bertz CT molecular complexity index is 1290. The number of hydrogen-bond acceptors (Lipinski definition) is 5. The van der Waals surface area contributed by atoms with Crippen molar-refractivity contribution in [2.75, 3.05) is 5.32 Å². The number of benzene rings is 3. The minimum atomic E-state index is -0.530. The number of nitrogens with zero attached hydrogens (tertiary/aromatic N) is 2. The van der Waals surface area contributed by atoms with Gasteiger partial charge in [-0.2, -0.15) is 0 Å². The molecule has 0 atom stereocenters. The average Bonchev–Trinajstić information content (AvgIpc) is 2.77. The number of primary amides is 1. The normalized spacial score (nSPS) is 10.7. The van der Waals surface area contributed by atoms with Crippen LogP contribution in [0.4, 0.5) is 5.82 Å². The maximum atomic E-state index is 12.6. The van der Waals surface area contributed by atoms with Crippen molar-refractivity contribution >= 4 is 44.3 Å². The van der Waals surface area contributed by atoms with Crippen molar-refractivity contribution in [2.24, 2.45) is 5.73 Å². The van der Waals surface area contributed by atoms with Crippen LogP contribution in [0.1, 0.15) is 31.8 Å². The van der Waals surface area contributed by atoms with Crippen LogP contribution < -0.4 is 11.1 Å². The second-order valence-corrected chi connectivity index (χ2v) is 7.99. The summed E-state index contributed by atoms with van der Waals surface area (Å²) in [4.78, 5) is 32.8. The van der Waals surface area contributed by atoms with Crippen molar-refractivity contribution in [1.29, 1.82) is 0 Å². The molecule has 6 nitrogen and oxygen atoms in total. The average molecular weight is 475 g/mol. The number of carbonyl (C=O) groups is 2. The van der Waals surface area contributed by atoms with Crippen LogP contribution in [-0.2, 0) is 13.0 Å². The molecule has 3 aromatic carbocycles. The van der Waals surface area contributed by atoms with E-state index >= 15 is 0 Å². The molecule has 1 aromatic heterocycles. The van der Waals surface area contributed by atoms with Gasteiger partial charge < -0.3 is 11.1 Å². The standard InChI is InChI=1S/C24H19BrN4O2/c25-18-7-2-6-17(12-18)21(30)11-15-4-1-5-16(10-15)13-27-24-20-9-3-8-19(23(26)31)22(20)28-14-29-24/h1-10,12,14H,11,13H2,(H2,26,31)(H,27,28,29). The summed E-state index contributed by atoms with van der Waals surface area (Å²) >= 11 is 3.40. The number of para-hydroxylation sites is 1. The van der Waals surface area contributed by atoms with Gasteiger partial charge >= 0.3 is 0 Å². The molecule has 0 aliphatic rings. The Kier molecular flexibility index (Phi) is 6.04. The summed E-state index contributed by atoms with van der Waals surface area (Å²) in [6, 6.07) is 20.5. The van der Waals surface area contributed by atoms with Crippen molar-refractivity contribution < 1.29 is 9.59 Å². The molecule has 0 bridgehead atoms. The number of rotatable bonds is 7. The Morgan fingerprint density at radius 2 is 1.71 bits per heavy atom. The van der Waals surface area contributed by atoms with Crippen LogP contribution in [0.15, 0.2) is 77.5 Å².